The van der Waals surface area contributed by atoms with Crippen LogP contribution in [-0.2, 0) is 9.59 Å². The number of fused-ring (bicyclic) bond motifs is 1. The highest BCUT2D eigenvalue weighted by Gasteiger charge is 2.33. The predicted molar refractivity (Wildman–Crippen MR) is 108 cm³/mol. The minimum absolute atomic E-state index is 0.00227. The average Bonchev–Trinajstić information content (AvgIpc) is 3.17. The van der Waals surface area contributed by atoms with E-state index in [1.54, 1.807) is 36.2 Å². The molecule has 2 aromatic carbocycles. The molecular formula is C21H20N4O4. The first-order valence-electron chi connectivity index (χ1n) is 9.06. The molecule has 0 aliphatic carbocycles. The Morgan fingerprint density at radius 3 is 2.62 bits per heavy atom. The van der Waals surface area contributed by atoms with Gasteiger partial charge in [-0.2, -0.15) is 5.10 Å². The number of ether oxygens (including phenoxy) is 2. The number of rotatable bonds is 5. The topological polar surface area (TPSA) is 94.5 Å². The summed E-state index contributed by atoms with van der Waals surface area (Å²) in [5, 5.41) is 10.0. The maximum atomic E-state index is 12.9. The van der Waals surface area contributed by atoms with Gasteiger partial charge in [0.05, 0.1) is 32.5 Å². The van der Waals surface area contributed by atoms with Gasteiger partial charge in [-0.1, -0.05) is 24.3 Å². The monoisotopic (exact) mass is 392 g/mol. The van der Waals surface area contributed by atoms with Crippen LogP contribution in [0.2, 0.25) is 0 Å². The van der Waals surface area contributed by atoms with E-state index in [0.29, 0.717) is 17.3 Å². The Labute approximate surface area is 167 Å². The van der Waals surface area contributed by atoms with Crippen molar-refractivity contribution in [3.63, 3.8) is 0 Å². The lowest BCUT2D eigenvalue weighted by molar-refractivity contribution is -0.125. The van der Waals surface area contributed by atoms with Crippen LogP contribution in [0.25, 0.3) is 11.1 Å². The second kappa shape index (κ2) is 7.67. The Hall–Kier alpha value is -3.81. The highest BCUT2D eigenvalue weighted by molar-refractivity contribution is 6.03. The first-order chi connectivity index (χ1) is 14.1. The van der Waals surface area contributed by atoms with Crippen molar-refractivity contribution in [3.05, 3.63) is 54.7 Å². The maximum absolute atomic E-state index is 12.9. The van der Waals surface area contributed by atoms with Gasteiger partial charge in [-0.3, -0.25) is 9.59 Å². The van der Waals surface area contributed by atoms with E-state index in [0.717, 1.165) is 16.9 Å². The summed E-state index contributed by atoms with van der Waals surface area (Å²) >= 11 is 0. The fourth-order valence-electron chi connectivity index (χ4n) is 3.32. The first-order valence-corrected chi connectivity index (χ1v) is 9.06. The fraction of sp³-hybridized carbons (Fsp3) is 0.190. The summed E-state index contributed by atoms with van der Waals surface area (Å²) in [5.74, 6) is 1.18. The van der Waals surface area contributed by atoms with Crippen molar-refractivity contribution in [2.45, 2.75) is 12.5 Å². The number of anilines is 2. The molecule has 8 nitrogen and oxygen atoms in total. The quantitative estimate of drug-likeness (QED) is 0.696. The van der Waals surface area contributed by atoms with E-state index in [-0.39, 0.29) is 18.2 Å². The molecule has 0 radical (unpaired) electrons. The number of para-hydroxylation sites is 2. The molecule has 2 N–H and O–H groups in total. The van der Waals surface area contributed by atoms with E-state index in [1.807, 2.05) is 30.3 Å². The molecule has 29 heavy (non-hydrogen) atoms. The third-order valence-electron chi connectivity index (χ3n) is 4.80. The molecule has 2 heterocycles. The van der Waals surface area contributed by atoms with Crippen LogP contribution < -0.4 is 20.1 Å². The van der Waals surface area contributed by atoms with Gasteiger partial charge < -0.3 is 20.1 Å². The van der Waals surface area contributed by atoms with Crippen molar-refractivity contribution in [1.82, 2.24) is 9.78 Å². The Balaban J connectivity index is 1.65. The van der Waals surface area contributed by atoms with Gasteiger partial charge in [0.15, 0.2) is 0 Å². The van der Waals surface area contributed by atoms with E-state index in [1.165, 1.54) is 7.11 Å². The summed E-state index contributed by atoms with van der Waals surface area (Å²) in [7, 11) is 3.13. The summed E-state index contributed by atoms with van der Waals surface area (Å²) < 4.78 is 12.0. The Morgan fingerprint density at radius 1 is 1.14 bits per heavy atom. The molecule has 1 unspecified atom stereocenters. The van der Waals surface area contributed by atoms with Gasteiger partial charge in [-0.25, -0.2) is 4.68 Å². The van der Waals surface area contributed by atoms with Gasteiger partial charge in [-0.15, -0.1) is 0 Å². The third-order valence-corrected chi connectivity index (χ3v) is 4.80. The van der Waals surface area contributed by atoms with E-state index in [9.17, 15) is 9.59 Å². The van der Waals surface area contributed by atoms with Gasteiger partial charge in [0.1, 0.15) is 23.4 Å². The molecule has 4 rings (SSSR count). The summed E-state index contributed by atoms with van der Waals surface area (Å²) in [6.07, 6.45) is 1.64. The Kier molecular flexibility index (Phi) is 4.90. The number of aromatic nitrogens is 2. The molecular weight excluding hydrogens is 372 g/mol. The molecule has 2 amide bonds. The number of nitrogens with zero attached hydrogens (tertiary/aromatic N) is 2. The molecule has 0 saturated carbocycles. The van der Waals surface area contributed by atoms with Gasteiger partial charge in [0.2, 0.25) is 11.8 Å². The number of amides is 2. The summed E-state index contributed by atoms with van der Waals surface area (Å²) in [6, 6.07) is 13.8. The second-order valence-electron chi connectivity index (χ2n) is 6.54. The fourth-order valence-corrected chi connectivity index (χ4v) is 3.32. The van der Waals surface area contributed by atoms with Crippen LogP contribution >= 0.6 is 0 Å². The zero-order chi connectivity index (χ0) is 20.4. The van der Waals surface area contributed by atoms with E-state index < -0.39 is 6.04 Å². The molecule has 0 fully saturated rings. The van der Waals surface area contributed by atoms with E-state index >= 15 is 0 Å². The number of hydrogen-bond acceptors (Lipinski definition) is 5. The normalized spacial score (nSPS) is 15.2. The number of carbonyl (C=O) groups excluding carboxylic acids is 2. The average molecular weight is 392 g/mol. The third kappa shape index (κ3) is 3.52. The number of benzene rings is 2. The minimum Gasteiger partial charge on any atom is -0.497 e. The van der Waals surface area contributed by atoms with Gasteiger partial charge in [0.25, 0.3) is 0 Å². The van der Waals surface area contributed by atoms with Crippen LogP contribution in [0.5, 0.6) is 11.5 Å². The van der Waals surface area contributed by atoms with Crippen LogP contribution in [0.3, 0.4) is 0 Å². The summed E-state index contributed by atoms with van der Waals surface area (Å²) in [5.41, 5.74) is 2.13. The number of nitrogens with one attached hydrogen (secondary N) is 2. The molecule has 8 heteroatoms. The molecule has 0 saturated heterocycles. The van der Waals surface area contributed by atoms with Crippen molar-refractivity contribution >= 4 is 23.3 Å². The lowest BCUT2D eigenvalue weighted by Gasteiger charge is -2.25. The predicted octanol–water partition coefficient (Wildman–Crippen LogP) is 3.09. The second-order valence-corrected chi connectivity index (χ2v) is 6.54. The van der Waals surface area contributed by atoms with Crippen molar-refractivity contribution in [1.29, 1.82) is 0 Å². The molecule has 1 aliphatic heterocycles. The van der Waals surface area contributed by atoms with Gasteiger partial charge in [0, 0.05) is 5.56 Å². The van der Waals surface area contributed by atoms with Crippen LogP contribution in [-0.4, -0.2) is 35.8 Å². The largest absolute Gasteiger partial charge is 0.497 e. The lowest BCUT2D eigenvalue weighted by atomic mass is 10.1. The van der Waals surface area contributed by atoms with Gasteiger partial charge >= 0.3 is 0 Å². The number of methoxy groups -OCH3 is 2. The van der Waals surface area contributed by atoms with Crippen molar-refractivity contribution < 1.29 is 19.1 Å². The van der Waals surface area contributed by atoms with Gasteiger partial charge in [-0.05, 0) is 29.8 Å². The maximum Gasteiger partial charge on any atom is 0.249 e. The molecule has 3 aromatic rings. The molecule has 0 bridgehead atoms. The molecule has 1 aromatic heterocycles. The van der Waals surface area contributed by atoms with Crippen molar-refractivity contribution in [2.75, 3.05) is 24.9 Å². The van der Waals surface area contributed by atoms with E-state index in [2.05, 4.69) is 15.7 Å². The van der Waals surface area contributed by atoms with E-state index in [4.69, 9.17) is 9.47 Å². The Morgan fingerprint density at radius 2 is 1.90 bits per heavy atom. The standard InChI is InChI=1S/C21H20N4O4/c1-28-14-9-7-13(8-10-14)15-12-22-25-17(11-19(26)24-20(15)25)21(27)23-16-5-3-4-6-18(16)29-2/h3-10,12,17H,11H2,1-2H3,(H,23,27)(H,24,26). The zero-order valence-electron chi connectivity index (χ0n) is 16.0. The molecule has 1 aliphatic rings. The highest BCUT2D eigenvalue weighted by atomic mass is 16.5. The Bertz CT molecular complexity index is 1060. The van der Waals surface area contributed by atoms with Crippen molar-refractivity contribution in [3.8, 4) is 22.6 Å². The molecule has 1 atom stereocenters. The number of hydrogen-bond donors (Lipinski definition) is 2. The SMILES string of the molecule is COc1ccc(-c2cnn3c2NC(=O)CC3C(=O)Nc2ccccc2OC)cc1. The minimum atomic E-state index is -0.768. The first kappa shape index (κ1) is 18.5. The lowest BCUT2D eigenvalue weighted by Crippen LogP contribution is -2.35. The van der Waals surface area contributed by atoms with Crippen molar-refractivity contribution in [2.24, 2.45) is 0 Å². The summed E-state index contributed by atoms with van der Waals surface area (Å²) in [6.45, 7) is 0. The van der Waals surface area contributed by atoms with Crippen LogP contribution in [0.15, 0.2) is 54.7 Å². The van der Waals surface area contributed by atoms with Crippen LogP contribution in [0.1, 0.15) is 12.5 Å². The van der Waals surface area contributed by atoms with Crippen LogP contribution in [0, 0.1) is 0 Å². The van der Waals surface area contributed by atoms with Crippen LogP contribution in [0.4, 0.5) is 11.5 Å². The number of carbonyl (C=O) groups is 2. The molecule has 148 valence electrons. The molecule has 0 spiro atoms. The summed E-state index contributed by atoms with van der Waals surface area (Å²) in [4.78, 5) is 25.3. The highest BCUT2D eigenvalue weighted by Crippen LogP contribution is 2.35. The smallest absolute Gasteiger partial charge is 0.249 e. The zero-order valence-corrected chi connectivity index (χ0v) is 16.0.